The Morgan fingerprint density at radius 3 is 1.93 bits per heavy atom. The molecule has 0 atom stereocenters. The van der Waals surface area contributed by atoms with Crippen molar-refractivity contribution in [2.75, 3.05) is 0 Å². The second kappa shape index (κ2) is 7.35. The van der Waals surface area contributed by atoms with Gasteiger partial charge >= 0.3 is 0 Å². The molecule has 0 aromatic heterocycles. The molecule has 14 heavy (non-hydrogen) atoms. The zero-order chi connectivity index (χ0) is 11.0. The van der Waals surface area contributed by atoms with Crippen LogP contribution in [0.3, 0.4) is 0 Å². The number of hydrogen-bond donors (Lipinski definition) is 2. The standard InChI is InChI=1S/C10H20N2O2/c1-2-3-4-5-8(6-9(11)13)7-10(12)14/h8H,2-7H2,1H3,(H2,11,13)(H2,12,14). The molecule has 0 saturated heterocycles. The summed E-state index contributed by atoms with van der Waals surface area (Å²) < 4.78 is 0. The van der Waals surface area contributed by atoms with Crippen molar-refractivity contribution < 1.29 is 9.59 Å². The zero-order valence-corrected chi connectivity index (χ0v) is 8.79. The van der Waals surface area contributed by atoms with Gasteiger partial charge < -0.3 is 11.5 Å². The van der Waals surface area contributed by atoms with Gasteiger partial charge in [-0.3, -0.25) is 9.59 Å². The van der Waals surface area contributed by atoms with Crippen molar-refractivity contribution in [2.24, 2.45) is 17.4 Å². The number of hydrogen-bond acceptors (Lipinski definition) is 2. The van der Waals surface area contributed by atoms with E-state index >= 15 is 0 Å². The molecule has 0 unspecified atom stereocenters. The fourth-order valence-electron chi connectivity index (χ4n) is 1.53. The highest BCUT2D eigenvalue weighted by atomic mass is 16.1. The summed E-state index contributed by atoms with van der Waals surface area (Å²) in [6.45, 7) is 2.11. The van der Waals surface area contributed by atoms with Crippen molar-refractivity contribution >= 4 is 11.8 Å². The first-order chi connectivity index (χ1) is 6.56. The Morgan fingerprint density at radius 2 is 1.57 bits per heavy atom. The molecule has 0 bridgehead atoms. The van der Waals surface area contributed by atoms with Crippen LogP contribution in [0.1, 0.15) is 45.4 Å². The highest BCUT2D eigenvalue weighted by Crippen LogP contribution is 2.16. The van der Waals surface area contributed by atoms with Gasteiger partial charge in [0, 0.05) is 12.8 Å². The monoisotopic (exact) mass is 200 g/mol. The average molecular weight is 200 g/mol. The first-order valence-electron chi connectivity index (χ1n) is 5.12. The van der Waals surface area contributed by atoms with Gasteiger partial charge in [0.15, 0.2) is 0 Å². The Balaban J connectivity index is 3.84. The average Bonchev–Trinajstić information content (AvgIpc) is 2.02. The van der Waals surface area contributed by atoms with Crippen LogP contribution >= 0.6 is 0 Å². The summed E-state index contributed by atoms with van der Waals surface area (Å²) in [4.78, 5) is 21.4. The van der Waals surface area contributed by atoms with E-state index in [1.807, 2.05) is 0 Å². The van der Waals surface area contributed by atoms with E-state index in [4.69, 9.17) is 11.5 Å². The molecule has 0 aliphatic carbocycles. The number of primary amides is 2. The van der Waals surface area contributed by atoms with Crippen LogP contribution in [-0.2, 0) is 9.59 Å². The number of amides is 2. The smallest absolute Gasteiger partial charge is 0.217 e. The Bertz CT molecular complexity index is 177. The molecule has 0 saturated carbocycles. The van der Waals surface area contributed by atoms with Gasteiger partial charge in [0.25, 0.3) is 0 Å². The number of rotatable bonds is 8. The van der Waals surface area contributed by atoms with Crippen LogP contribution in [0, 0.1) is 5.92 Å². The van der Waals surface area contributed by atoms with Gasteiger partial charge in [0.05, 0.1) is 0 Å². The Hall–Kier alpha value is -1.06. The van der Waals surface area contributed by atoms with E-state index < -0.39 is 0 Å². The summed E-state index contributed by atoms with van der Waals surface area (Å²) in [6, 6.07) is 0. The maximum absolute atomic E-state index is 10.7. The maximum Gasteiger partial charge on any atom is 0.217 e. The summed E-state index contributed by atoms with van der Waals surface area (Å²) in [5, 5.41) is 0. The quantitative estimate of drug-likeness (QED) is 0.571. The fraction of sp³-hybridized carbons (Fsp3) is 0.800. The SMILES string of the molecule is CCCCCC(CC(N)=O)CC(N)=O. The molecule has 4 nitrogen and oxygen atoms in total. The summed E-state index contributed by atoms with van der Waals surface area (Å²) in [7, 11) is 0. The van der Waals surface area contributed by atoms with Gasteiger partial charge in [-0.15, -0.1) is 0 Å². The van der Waals surface area contributed by atoms with E-state index in [-0.39, 0.29) is 30.6 Å². The van der Waals surface area contributed by atoms with E-state index in [1.165, 1.54) is 0 Å². The minimum Gasteiger partial charge on any atom is -0.370 e. The summed E-state index contributed by atoms with van der Waals surface area (Å²) in [5.74, 6) is -0.669. The van der Waals surface area contributed by atoms with Crippen LogP contribution in [0.5, 0.6) is 0 Å². The lowest BCUT2D eigenvalue weighted by atomic mass is 9.94. The Labute approximate surface area is 85.0 Å². The van der Waals surface area contributed by atoms with Crippen molar-refractivity contribution in [3.63, 3.8) is 0 Å². The number of carbonyl (C=O) groups excluding carboxylic acids is 2. The lowest BCUT2D eigenvalue weighted by molar-refractivity contribution is -0.120. The first-order valence-corrected chi connectivity index (χ1v) is 5.12. The molecule has 0 rings (SSSR count). The lowest BCUT2D eigenvalue weighted by Gasteiger charge is -2.12. The molecule has 4 heteroatoms. The van der Waals surface area contributed by atoms with Gasteiger partial charge in [-0.05, 0) is 12.3 Å². The van der Waals surface area contributed by atoms with Crippen LogP contribution in [0.25, 0.3) is 0 Å². The third kappa shape index (κ3) is 7.58. The van der Waals surface area contributed by atoms with Crippen LogP contribution in [0.15, 0.2) is 0 Å². The van der Waals surface area contributed by atoms with Crippen LogP contribution in [-0.4, -0.2) is 11.8 Å². The predicted molar refractivity (Wildman–Crippen MR) is 55.3 cm³/mol. The molecule has 0 aromatic rings. The van der Waals surface area contributed by atoms with Gasteiger partial charge in [-0.25, -0.2) is 0 Å². The number of carbonyl (C=O) groups is 2. The molecular weight excluding hydrogens is 180 g/mol. The Kier molecular flexibility index (Phi) is 6.80. The molecule has 82 valence electrons. The van der Waals surface area contributed by atoms with Crippen LogP contribution in [0.4, 0.5) is 0 Å². The van der Waals surface area contributed by atoms with Crippen molar-refractivity contribution in [3.8, 4) is 0 Å². The lowest BCUT2D eigenvalue weighted by Crippen LogP contribution is -2.22. The second-order valence-corrected chi connectivity index (χ2v) is 3.70. The van der Waals surface area contributed by atoms with Crippen molar-refractivity contribution in [3.05, 3.63) is 0 Å². The topological polar surface area (TPSA) is 86.2 Å². The van der Waals surface area contributed by atoms with Gasteiger partial charge in [0.1, 0.15) is 0 Å². The third-order valence-electron chi connectivity index (χ3n) is 2.20. The molecular formula is C10H20N2O2. The largest absolute Gasteiger partial charge is 0.370 e. The second-order valence-electron chi connectivity index (χ2n) is 3.70. The van der Waals surface area contributed by atoms with E-state index in [0.717, 1.165) is 25.7 Å². The van der Waals surface area contributed by atoms with E-state index in [9.17, 15) is 9.59 Å². The van der Waals surface area contributed by atoms with Gasteiger partial charge in [0.2, 0.25) is 11.8 Å². The van der Waals surface area contributed by atoms with E-state index in [0.29, 0.717) is 0 Å². The van der Waals surface area contributed by atoms with Gasteiger partial charge in [-0.1, -0.05) is 26.2 Å². The van der Waals surface area contributed by atoms with Crippen molar-refractivity contribution in [1.82, 2.24) is 0 Å². The third-order valence-corrected chi connectivity index (χ3v) is 2.20. The highest BCUT2D eigenvalue weighted by molar-refractivity contribution is 5.77. The van der Waals surface area contributed by atoms with Crippen LogP contribution in [0.2, 0.25) is 0 Å². The summed E-state index contributed by atoms with van der Waals surface area (Å²) in [5.41, 5.74) is 10.2. The molecule has 0 heterocycles. The molecule has 0 aliphatic rings. The molecule has 0 aromatic carbocycles. The molecule has 2 amide bonds. The minimum atomic E-state index is -0.354. The summed E-state index contributed by atoms with van der Waals surface area (Å²) in [6.07, 6.45) is 4.68. The number of nitrogens with two attached hydrogens (primary N) is 2. The summed E-state index contributed by atoms with van der Waals surface area (Å²) >= 11 is 0. The minimum absolute atomic E-state index is 0.0385. The zero-order valence-electron chi connectivity index (χ0n) is 8.79. The normalized spacial score (nSPS) is 10.4. The van der Waals surface area contributed by atoms with Crippen molar-refractivity contribution in [2.45, 2.75) is 45.4 Å². The Morgan fingerprint density at radius 1 is 1.07 bits per heavy atom. The van der Waals surface area contributed by atoms with E-state index in [2.05, 4.69) is 6.92 Å². The molecule has 4 N–H and O–H groups in total. The predicted octanol–water partition coefficient (Wildman–Crippen LogP) is 0.934. The van der Waals surface area contributed by atoms with Crippen LogP contribution < -0.4 is 11.5 Å². The van der Waals surface area contributed by atoms with Crippen molar-refractivity contribution in [1.29, 1.82) is 0 Å². The highest BCUT2D eigenvalue weighted by Gasteiger charge is 2.14. The fourth-order valence-corrected chi connectivity index (χ4v) is 1.53. The molecule has 0 spiro atoms. The number of unbranched alkanes of at least 4 members (excludes halogenated alkanes) is 2. The maximum atomic E-state index is 10.7. The van der Waals surface area contributed by atoms with E-state index in [1.54, 1.807) is 0 Å². The molecule has 0 aliphatic heterocycles. The van der Waals surface area contributed by atoms with Gasteiger partial charge in [-0.2, -0.15) is 0 Å². The molecule has 0 radical (unpaired) electrons. The first kappa shape index (κ1) is 12.9. The molecule has 0 fully saturated rings.